The van der Waals surface area contributed by atoms with Crippen molar-refractivity contribution in [2.24, 2.45) is 11.5 Å². The van der Waals surface area contributed by atoms with Gasteiger partial charge in [-0.15, -0.1) is 6.58 Å². The van der Waals surface area contributed by atoms with E-state index < -0.39 is 5.83 Å². The monoisotopic (exact) mass is 459 g/mol. The van der Waals surface area contributed by atoms with E-state index in [1.807, 2.05) is 26.8 Å². The van der Waals surface area contributed by atoms with Crippen molar-refractivity contribution in [3.63, 3.8) is 0 Å². The fourth-order valence-electron chi connectivity index (χ4n) is 2.76. The molecule has 0 saturated carbocycles. The smallest absolute Gasteiger partial charge is 0.152 e. The zero-order valence-corrected chi connectivity index (χ0v) is 20.6. The lowest BCUT2D eigenvalue weighted by atomic mass is 10.1. The summed E-state index contributed by atoms with van der Waals surface area (Å²) in [4.78, 5) is 8.52. The predicted octanol–water partition coefficient (Wildman–Crippen LogP) is 4.52. The number of hydrogen-bond donors (Lipinski definition) is 3. The highest BCUT2D eigenvalue weighted by atomic mass is 19.1. The number of aromatic nitrogens is 2. The first-order chi connectivity index (χ1) is 15.8. The molecule has 7 heteroatoms. The normalized spacial score (nSPS) is 11.5. The van der Waals surface area contributed by atoms with Crippen molar-refractivity contribution in [1.82, 2.24) is 9.97 Å². The molecule has 0 saturated heterocycles. The number of nitrogens with zero attached hydrogens (tertiary/aromatic N) is 2. The number of nitrogens with one attached hydrogen (secondary N) is 1. The third-order valence-electron chi connectivity index (χ3n) is 4.49. The molecule has 0 spiro atoms. The van der Waals surface area contributed by atoms with Crippen molar-refractivity contribution >= 4 is 17.8 Å². The van der Waals surface area contributed by atoms with Gasteiger partial charge in [-0.05, 0) is 56.0 Å². The minimum absolute atomic E-state index is 0.122. The van der Waals surface area contributed by atoms with Crippen LogP contribution in [0.15, 0.2) is 43.0 Å². The van der Waals surface area contributed by atoms with Gasteiger partial charge in [0.2, 0.25) is 0 Å². The van der Waals surface area contributed by atoms with E-state index in [-0.39, 0.29) is 11.2 Å². The van der Waals surface area contributed by atoms with Crippen LogP contribution in [-0.2, 0) is 6.54 Å². The quantitative estimate of drug-likeness (QED) is 0.505. The molecule has 1 heterocycles. The van der Waals surface area contributed by atoms with E-state index in [9.17, 15) is 8.78 Å². The van der Waals surface area contributed by atoms with Gasteiger partial charge < -0.3 is 16.8 Å². The van der Waals surface area contributed by atoms with Crippen molar-refractivity contribution in [3.05, 3.63) is 76.3 Å². The van der Waals surface area contributed by atoms with E-state index in [0.717, 1.165) is 24.9 Å². The average molecular weight is 460 g/mol. The Kier molecular flexibility index (Phi) is 15.0. The second-order valence-corrected chi connectivity index (χ2v) is 6.96. The summed E-state index contributed by atoms with van der Waals surface area (Å²) >= 11 is 0. The molecule has 0 atom stereocenters. The van der Waals surface area contributed by atoms with Crippen LogP contribution in [0, 0.1) is 19.7 Å². The molecule has 0 radical (unpaired) electrons. The third-order valence-corrected chi connectivity index (χ3v) is 4.49. The molecule has 0 aliphatic carbocycles. The van der Waals surface area contributed by atoms with Gasteiger partial charge >= 0.3 is 0 Å². The Balaban J connectivity index is 0.00000129. The van der Waals surface area contributed by atoms with Gasteiger partial charge in [-0.2, -0.15) is 0 Å². The molecular formula is C26H39F2N5. The zero-order chi connectivity index (χ0) is 25.4. The molecule has 0 aliphatic rings. The highest BCUT2D eigenvalue weighted by molar-refractivity contribution is 5.57. The third kappa shape index (κ3) is 9.53. The topological polar surface area (TPSA) is 89.8 Å². The summed E-state index contributed by atoms with van der Waals surface area (Å²) in [7, 11) is 0. The molecular weight excluding hydrogens is 420 g/mol. The lowest BCUT2D eigenvalue weighted by molar-refractivity contribution is 0.616. The Morgan fingerprint density at radius 3 is 2.39 bits per heavy atom. The van der Waals surface area contributed by atoms with E-state index >= 15 is 0 Å². The Hall–Kier alpha value is -3.06. The minimum atomic E-state index is -0.487. The maximum absolute atomic E-state index is 14.8. The van der Waals surface area contributed by atoms with Crippen molar-refractivity contribution in [3.8, 4) is 0 Å². The molecule has 2 rings (SSSR count). The molecule has 0 unspecified atom stereocenters. The molecule has 0 bridgehead atoms. The lowest BCUT2D eigenvalue weighted by Crippen LogP contribution is -2.36. The number of hydrogen-bond acceptors (Lipinski definition) is 5. The first kappa shape index (κ1) is 29.9. The van der Waals surface area contributed by atoms with Crippen LogP contribution in [0.25, 0.3) is 12.0 Å². The van der Waals surface area contributed by atoms with E-state index in [0.29, 0.717) is 41.0 Å². The summed E-state index contributed by atoms with van der Waals surface area (Å²) in [6, 6.07) is 4.88. The molecule has 5 N–H and O–H groups in total. The predicted molar refractivity (Wildman–Crippen MR) is 137 cm³/mol. The summed E-state index contributed by atoms with van der Waals surface area (Å²) in [6.45, 7) is 17.6. The van der Waals surface area contributed by atoms with Gasteiger partial charge in [0, 0.05) is 12.7 Å². The molecule has 1 aromatic heterocycles. The molecule has 33 heavy (non-hydrogen) atoms. The van der Waals surface area contributed by atoms with Crippen LogP contribution < -0.4 is 27.4 Å². The van der Waals surface area contributed by atoms with Crippen molar-refractivity contribution < 1.29 is 8.78 Å². The van der Waals surface area contributed by atoms with Gasteiger partial charge in [-0.3, -0.25) is 0 Å². The lowest BCUT2D eigenvalue weighted by Gasteiger charge is -2.11. The van der Waals surface area contributed by atoms with Crippen LogP contribution >= 0.6 is 0 Å². The number of nitrogens with two attached hydrogens (primary N) is 2. The van der Waals surface area contributed by atoms with Gasteiger partial charge in [0.1, 0.15) is 22.8 Å². The molecule has 5 nitrogen and oxygen atoms in total. The average Bonchev–Trinajstić information content (AvgIpc) is 2.81. The van der Waals surface area contributed by atoms with Crippen molar-refractivity contribution in [1.29, 1.82) is 0 Å². The van der Waals surface area contributed by atoms with Gasteiger partial charge in [-0.1, -0.05) is 52.0 Å². The number of halogens is 2. The number of rotatable bonds is 8. The number of benzene rings is 1. The maximum atomic E-state index is 14.8. The van der Waals surface area contributed by atoms with Crippen molar-refractivity contribution in [2.75, 3.05) is 11.9 Å². The maximum Gasteiger partial charge on any atom is 0.152 e. The summed E-state index contributed by atoms with van der Waals surface area (Å²) in [6.07, 6.45) is 5.32. The Bertz CT molecular complexity index is 1020. The number of aryl methyl sites for hydroxylation is 1. The van der Waals surface area contributed by atoms with E-state index in [2.05, 4.69) is 28.4 Å². The van der Waals surface area contributed by atoms with Gasteiger partial charge in [0.05, 0.1) is 5.22 Å². The molecule has 0 fully saturated rings. The first-order valence-corrected chi connectivity index (χ1v) is 11.2. The standard InChI is InChI=1S/C20H24F2N4.C4H9N.C2H6/c1-5-7-12(2)18(22)19-16(10-23)20(26-14(4)25-19)24-11-15-8-6-9-17(21)13(15)3;1-2-3-4-5;1-2/h6,8-10H,2,5,7,11,23H2,1,3-4H3,(H,24,25,26);2H,1,3-5H2;1-2H3/b16-10+,19-18-;;. The molecule has 0 aliphatic heterocycles. The zero-order valence-electron chi connectivity index (χ0n) is 20.6. The minimum Gasteiger partial charge on any atom is -0.404 e. The fraction of sp³-hybridized carbons (Fsp3) is 0.385. The highest BCUT2D eigenvalue weighted by Crippen LogP contribution is 2.15. The Morgan fingerprint density at radius 2 is 1.88 bits per heavy atom. The Labute approximate surface area is 197 Å². The SMILES string of the molecule is C=C(CCC)/C(F)=c1/nc(C)nc(NCc2cccc(F)c2C)/c1=C/N.C=CCCN.CC. The van der Waals surface area contributed by atoms with Crippen LogP contribution in [-0.4, -0.2) is 16.5 Å². The Morgan fingerprint density at radius 1 is 1.21 bits per heavy atom. The van der Waals surface area contributed by atoms with E-state index in [4.69, 9.17) is 11.5 Å². The molecule has 1 aromatic carbocycles. The van der Waals surface area contributed by atoms with Crippen LogP contribution in [0.5, 0.6) is 0 Å². The van der Waals surface area contributed by atoms with Crippen LogP contribution in [0.4, 0.5) is 14.6 Å². The number of anilines is 1. The second kappa shape index (κ2) is 16.6. The summed E-state index contributed by atoms with van der Waals surface area (Å²) in [5.41, 5.74) is 12.5. The number of allylic oxidation sites excluding steroid dienone is 1. The molecule has 182 valence electrons. The first-order valence-electron chi connectivity index (χ1n) is 11.2. The molecule has 2 aromatic rings. The van der Waals surface area contributed by atoms with Gasteiger partial charge in [-0.25, -0.2) is 18.7 Å². The fourth-order valence-corrected chi connectivity index (χ4v) is 2.76. The summed E-state index contributed by atoms with van der Waals surface area (Å²) in [5.74, 6) is 0.0466. The molecule has 0 amide bonds. The van der Waals surface area contributed by atoms with E-state index in [1.165, 1.54) is 12.3 Å². The van der Waals surface area contributed by atoms with Crippen molar-refractivity contribution in [2.45, 2.75) is 60.4 Å². The van der Waals surface area contributed by atoms with Crippen LogP contribution in [0.1, 0.15) is 57.0 Å². The van der Waals surface area contributed by atoms with Gasteiger partial charge in [0.15, 0.2) is 5.83 Å². The van der Waals surface area contributed by atoms with Gasteiger partial charge in [0.25, 0.3) is 0 Å². The summed E-state index contributed by atoms with van der Waals surface area (Å²) in [5, 5.41) is 3.60. The van der Waals surface area contributed by atoms with Crippen LogP contribution in [0.2, 0.25) is 0 Å². The van der Waals surface area contributed by atoms with E-state index in [1.54, 1.807) is 26.0 Å². The van der Waals surface area contributed by atoms with Crippen LogP contribution in [0.3, 0.4) is 0 Å². The largest absolute Gasteiger partial charge is 0.404 e. The highest BCUT2D eigenvalue weighted by Gasteiger charge is 2.10. The second-order valence-electron chi connectivity index (χ2n) is 6.96. The summed E-state index contributed by atoms with van der Waals surface area (Å²) < 4.78 is 28.5.